The lowest BCUT2D eigenvalue weighted by Gasteiger charge is -2.21. The van der Waals surface area contributed by atoms with Crippen molar-refractivity contribution in [2.45, 2.75) is 52.5 Å². The molecular weight excluding hydrogens is 212 g/mol. The molecule has 96 valence electrons. The summed E-state index contributed by atoms with van der Waals surface area (Å²) in [5.41, 5.74) is 2.73. The number of hydrogen-bond donors (Lipinski definition) is 0. The Bertz CT molecular complexity index is 370. The summed E-state index contributed by atoms with van der Waals surface area (Å²) in [4.78, 5) is 0. The maximum absolute atomic E-state index is 5.39. The Balaban J connectivity index is 2.06. The Morgan fingerprint density at radius 3 is 2.53 bits per heavy atom. The third kappa shape index (κ3) is 3.09. The molecule has 1 saturated heterocycles. The van der Waals surface area contributed by atoms with E-state index in [0.29, 0.717) is 0 Å². The second-order valence-corrected chi connectivity index (χ2v) is 6.16. The van der Waals surface area contributed by atoms with Gasteiger partial charge in [0.05, 0.1) is 5.69 Å². The number of hydrogen-bond acceptors (Lipinski definition) is 2. The molecule has 0 atom stereocenters. The smallest absolute Gasteiger partial charge is 0.0631 e. The maximum Gasteiger partial charge on any atom is 0.0631 e. The standard InChI is InChI=1S/C14H24N2O/c1-11-13(14(2,3)4)10-16(15-11)9-12-5-7-17-8-6-12/h10,12H,5-9H2,1-4H3. The Morgan fingerprint density at radius 1 is 1.35 bits per heavy atom. The second kappa shape index (κ2) is 4.81. The van der Waals surface area contributed by atoms with E-state index in [-0.39, 0.29) is 5.41 Å². The average molecular weight is 236 g/mol. The predicted molar refractivity (Wildman–Crippen MR) is 69.2 cm³/mol. The molecule has 1 aromatic heterocycles. The van der Waals surface area contributed by atoms with Crippen LogP contribution in [-0.2, 0) is 16.7 Å². The number of aryl methyl sites for hydroxylation is 1. The fraction of sp³-hybridized carbons (Fsp3) is 0.786. The van der Waals surface area contributed by atoms with Gasteiger partial charge in [-0.05, 0) is 36.7 Å². The van der Waals surface area contributed by atoms with Gasteiger partial charge in [-0.1, -0.05) is 20.8 Å². The van der Waals surface area contributed by atoms with Crippen LogP contribution in [0.4, 0.5) is 0 Å². The summed E-state index contributed by atoms with van der Waals surface area (Å²) in [6.07, 6.45) is 4.57. The lowest BCUT2D eigenvalue weighted by Crippen LogP contribution is -2.20. The van der Waals surface area contributed by atoms with Gasteiger partial charge in [-0.2, -0.15) is 5.10 Å². The molecule has 2 rings (SSSR count). The molecule has 0 amide bonds. The van der Waals surface area contributed by atoms with Gasteiger partial charge in [0, 0.05) is 26.0 Å². The highest BCUT2D eigenvalue weighted by atomic mass is 16.5. The van der Waals surface area contributed by atoms with E-state index >= 15 is 0 Å². The molecule has 3 heteroatoms. The van der Waals surface area contributed by atoms with Gasteiger partial charge >= 0.3 is 0 Å². The van der Waals surface area contributed by atoms with Crippen LogP contribution < -0.4 is 0 Å². The van der Waals surface area contributed by atoms with Gasteiger partial charge in [0.15, 0.2) is 0 Å². The molecule has 1 aliphatic heterocycles. The topological polar surface area (TPSA) is 27.1 Å². The normalized spacial score (nSPS) is 18.6. The Labute approximate surface area is 104 Å². The molecule has 0 N–H and O–H groups in total. The van der Waals surface area contributed by atoms with Crippen molar-refractivity contribution in [1.82, 2.24) is 9.78 Å². The summed E-state index contributed by atoms with van der Waals surface area (Å²) < 4.78 is 7.52. The minimum absolute atomic E-state index is 0.192. The summed E-state index contributed by atoms with van der Waals surface area (Å²) in [5, 5.41) is 4.65. The molecule has 17 heavy (non-hydrogen) atoms. The molecule has 1 aromatic rings. The molecular formula is C14H24N2O. The minimum Gasteiger partial charge on any atom is -0.381 e. The summed E-state index contributed by atoms with van der Waals surface area (Å²) in [7, 11) is 0. The molecule has 3 nitrogen and oxygen atoms in total. The van der Waals surface area contributed by atoms with Crippen LogP contribution in [0.1, 0.15) is 44.9 Å². The van der Waals surface area contributed by atoms with E-state index in [4.69, 9.17) is 4.74 Å². The molecule has 0 bridgehead atoms. The monoisotopic (exact) mass is 236 g/mol. The minimum atomic E-state index is 0.192. The first kappa shape index (κ1) is 12.6. The number of rotatable bonds is 2. The summed E-state index contributed by atoms with van der Waals surface area (Å²) in [6.45, 7) is 11.7. The van der Waals surface area contributed by atoms with E-state index in [1.807, 2.05) is 0 Å². The van der Waals surface area contributed by atoms with E-state index in [2.05, 4.69) is 43.7 Å². The van der Waals surface area contributed by atoms with Crippen LogP contribution in [0.2, 0.25) is 0 Å². The Kier molecular flexibility index (Phi) is 3.57. The quantitative estimate of drug-likeness (QED) is 0.789. The molecule has 0 spiro atoms. The maximum atomic E-state index is 5.39. The van der Waals surface area contributed by atoms with Crippen LogP contribution in [0.25, 0.3) is 0 Å². The van der Waals surface area contributed by atoms with E-state index in [1.54, 1.807) is 0 Å². The van der Waals surface area contributed by atoms with Crippen LogP contribution in [-0.4, -0.2) is 23.0 Å². The third-order valence-electron chi connectivity index (χ3n) is 3.54. The van der Waals surface area contributed by atoms with Crippen LogP contribution in [0, 0.1) is 12.8 Å². The Hall–Kier alpha value is -0.830. The number of ether oxygens (including phenoxy) is 1. The van der Waals surface area contributed by atoms with Crippen molar-refractivity contribution in [3.63, 3.8) is 0 Å². The fourth-order valence-electron chi connectivity index (χ4n) is 2.54. The van der Waals surface area contributed by atoms with Crippen molar-refractivity contribution in [1.29, 1.82) is 0 Å². The second-order valence-electron chi connectivity index (χ2n) is 6.16. The summed E-state index contributed by atoms with van der Waals surface area (Å²) in [5.74, 6) is 0.732. The SMILES string of the molecule is Cc1nn(CC2CCOCC2)cc1C(C)(C)C. The number of nitrogens with zero attached hydrogens (tertiary/aromatic N) is 2. The fourth-order valence-corrected chi connectivity index (χ4v) is 2.54. The third-order valence-corrected chi connectivity index (χ3v) is 3.54. The zero-order chi connectivity index (χ0) is 12.5. The van der Waals surface area contributed by atoms with Crippen LogP contribution in [0.15, 0.2) is 6.20 Å². The molecule has 0 radical (unpaired) electrons. The highest BCUT2D eigenvalue weighted by Crippen LogP contribution is 2.25. The highest BCUT2D eigenvalue weighted by molar-refractivity contribution is 5.23. The van der Waals surface area contributed by atoms with Crippen molar-refractivity contribution in [2.75, 3.05) is 13.2 Å². The van der Waals surface area contributed by atoms with Crippen LogP contribution in [0.3, 0.4) is 0 Å². The van der Waals surface area contributed by atoms with Gasteiger partial charge in [0.2, 0.25) is 0 Å². The van der Waals surface area contributed by atoms with Crippen LogP contribution >= 0.6 is 0 Å². The molecule has 1 fully saturated rings. The van der Waals surface area contributed by atoms with Crippen molar-refractivity contribution in [3.05, 3.63) is 17.5 Å². The zero-order valence-electron chi connectivity index (χ0n) is 11.5. The van der Waals surface area contributed by atoms with Gasteiger partial charge in [-0.15, -0.1) is 0 Å². The zero-order valence-corrected chi connectivity index (χ0v) is 11.5. The largest absolute Gasteiger partial charge is 0.381 e. The average Bonchev–Trinajstić information content (AvgIpc) is 2.60. The lowest BCUT2D eigenvalue weighted by atomic mass is 9.88. The van der Waals surface area contributed by atoms with Crippen molar-refractivity contribution in [3.8, 4) is 0 Å². The van der Waals surface area contributed by atoms with Crippen molar-refractivity contribution in [2.24, 2.45) is 5.92 Å². The van der Waals surface area contributed by atoms with Crippen molar-refractivity contribution < 1.29 is 4.74 Å². The van der Waals surface area contributed by atoms with E-state index in [0.717, 1.165) is 25.7 Å². The van der Waals surface area contributed by atoms with Gasteiger partial charge in [0.25, 0.3) is 0 Å². The van der Waals surface area contributed by atoms with Gasteiger partial charge in [0.1, 0.15) is 0 Å². The van der Waals surface area contributed by atoms with Crippen LogP contribution in [0.5, 0.6) is 0 Å². The Morgan fingerprint density at radius 2 is 2.00 bits per heavy atom. The van der Waals surface area contributed by atoms with E-state index in [1.165, 1.54) is 24.1 Å². The first-order valence-corrected chi connectivity index (χ1v) is 6.59. The first-order chi connectivity index (χ1) is 7.97. The predicted octanol–water partition coefficient (Wildman–Crippen LogP) is 2.92. The van der Waals surface area contributed by atoms with Gasteiger partial charge in [-0.25, -0.2) is 0 Å². The molecule has 0 saturated carbocycles. The molecule has 0 aromatic carbocycles. The molecule has 0 aliphatic carbocycles. The molecule has 0 unspecified atom stereocenters. The van der Waals surface area contributed by atoms with Gasteiger partial charge < -0.3 is 4.74 Å². The highest BCUT2D eigenvalue weighted by Gasteiger charge is 2.21. The van der Waals surface area contributed by atoms with Crippen molar-refractivity contribution >= 4 is 0 Å². The lowest BCUT2D eigenvalue weighted by molar-refractivity contribution is 0.0601. The summed E-state index contributed by atoms with van der Waals surface area (Å²) in [6, 6.07) is 0. The van der Waals surface area contributed by atoms with E-state index < -0.39 is 0 Å². The molecule has 1 aliphatic rings. The first-order valence-electron chi connectivity index (χ1n) is 6.59. The number of aromatic nitrogens is 2. The van der Waals surface area contributed by atoms with E-state index in [9.17, 15) is 0 Å². The molecule has 2 heterocycles. The van der Waals surface area contributed by atoms with Gasteiger partial charge in [-0.3, -0.25) is 4.68 Å². The summed E-state index contributed by atoms with van der Waals surface area (Å²) >= 11 is 0.